The second kappa shape index (κ2) is 11.1. The third kappa shape index (κ3) is 5.12. The van der Waals surface area contributed by atoms with Crippen LogP contribution >= 0.6 is 0 Å². The molecule has 1 aliphatic carbocycles. The molecular formula is C33H29N3O. The summed E-state index contributed by atoms with van der Waals surface area (Å²) in [5, 5.41) is 20.9. The molecule has 4 aromatic rings. The van der Waals surface area contributed by atoms with Crippen LogP contribution in [0.1, 0.15) is 47.9 Å². The number of para-hydroxylation sites is 1. The van der Waals surface area contributed by atoms with Gasteiger partial charge in [-0.1, -0.05) is 66.7 Å². The molecule has 0 spiro atoms. The number of anilines is 2. The van der Waals surface area contributed by atoms with Crippen LogP contribution in [0.2, 0.25) is 0 Å². The number of hydrogen-bond acceptors (Lipinski definition) is 4. The van der Waals surface area contributed by atoms with Crippen LogP contribution in [-0.2, 0) is 4.74 Å². The van der Waals surface area contributed by atoms with Crippen molar-refractivity contribution in [1.29, 1.82) is 10.5 Å². The van der Waals surface area contributed by atoms with Crippen molar-refractivity contribution in [2.24, 2.45) is 0 Å². The Morgan fingerprint density at radius 1 is 0.730 bits per heavy atom. The lowest BCUT2D eigenvalue weighted by molar-refractivity contribution is 0.0664. The van der Waals surface area contributed by atoms with Crippen LogP contribution < -0.4 is 4.90 Å². The van der Waals surface area contributed by atoms with Gasteiger partial charge in [-0.25, -0.2) is 0 Å². The van der Waals surface area contributed by atoms with Gasteiger partial charge < -0.3 is 9.64 Å². The monoisotopic (exact) mass is 483 g/mol. The summed E-state index contributed by atoms with van der Waals surface area (Å²) < 4.78 is 5.60. The third-order valence-electron chi connectivity index (χ3n) is 7.33. The van der Waals surface area contributed by atoms with E-state index in [1.165, 1.54) is 11.4 Å². The number of rotatable bonds is 6. The highest BCUT2D eigenvalue weighted by Gasteiger charge is 2.27. The maximum Gasteiger partial charge on any atom is 0.100 e. The highest BCUT2D eigenvalue weighted by atomic mass is 16.5. The first-order valence-electron chi connectivity index (χ1n) is 12.7. The van der Waals surface area contributed by atoms with Gasteiger partial charge in [0.1, 0.15) is 6.07 Å². The smallest absolute Gasteiger partial charge is 0.100 e. The van der Waals surface area contributed by atoms with Gasteiger partial charge in [-0.05, 0) is 67.1 Å². The highest BCUT2D eigenvalue weighted by Crippen LogP contribution is 2.35. The first kappa shape index (κ1) is 24.3. The molecule has 0 aromatic heterocycles. The Morgan fingerprint density at radius 3 is 2.14 bits per heavy atom. The van der Waals surface area contributed by atoms with Crippen LogP contribution in [0.25, 0.3) is 22.9 Å². The minimum atomic E-state index is 0.362. The fourth-order valence-electron chi connectivity index (χ4n) is 5.37. The molecule has 4 heteroatoms. The minimum absolute atomic E-state index is 0.362. The average molecular weight is 484 g/mol. The van der Waals surface area contributed by atoms with E-state index >= 15 is 0 Å². The van der Waals surface area contributed by atoms with Gasteiger partial charge in [-0.2, -0.15) is 10.5 Å². The summed E-state index contributed by atoms with van der Waals surface area (Å²) >= 11 is 0. The molecule has 182 valence electrons. The zero-order chi connectivity index (χ0) is 25.6. The fraction of sp³-hybridized carbons (Fsp3) is 0.212. The quantitative estimate of drug-likeness (QED) is 0.262. The number of nitrogens with zero attached hydrogens (tertiary/aromatic N) is 3. The Balaban J connectivity index is 1.42. The van der Waals surface area contributed by atoms with E-state index in [0.717, 1.165) is 47.6 Å². The van der Waals surface area contributed by atoms with Gasteiger partial charge in [0.15, 0.2) is 0 Å². The molecule has 0 atom stereocenters. The molecule has 4 nitrogen and oxygen atoms in total. The second-order valence-electron chi connectivity index (χ2n) is 9.45. The Bertz CT molecular complexity index is 1490. The zero-order valence-electron chi connectivity index (χ0n) is 21.0. The lowest BCUT2D eigenvalue weighted by Gasteiger charge is -2.38. The predicted octanol–water partition coefficient (Wildman–Crippen LogP) is 7.85. The Labute approximate surface area is 218 Å². The molecule has 37 heavy (non-hydrogen) atoms. The SMILES string of the molecule is COC1CCC(N(c2ccccc2)c2ccc(C=Cc3ccc4c(C#N)cccc4c3C#N)cc2)CC1. The normalized spacial score (nSPS) is 17.4. The van der Waals surface area contributed by atoms with Gasteiger partial charge in [-0.3, -0.25) is 0 Å². The number of fused-ring (bicyclic) bond motifs is 1. The first-order chi connectivity index (χ1) is 18.2. The van der Waals surface area contributed by atoms with E-state index in [1.807, 2.05) is 43.5 Å². The van der Waals surface area contributed by atoms with E-state index in [-0.39, 0.29) is 0 Å². The molecule has 0 unspecified atom stereocenters. The number of nitriles is 2. The maximum atomic E-state index is 9.86. The summed E-state index contributed by atoms with van der Waals surface area (Å²) in [7, 11) is 1.81. The van der Waals surface area contributed by atoms with E-state index in [4.69, 9.17) is 4.74 Å². The van der Waals surface area contributed by atoms with Gasteiger partial charge in [-0.15, -0.1) is 0 Å². The van der Waals surface area contributed by atoms with Crippen molar-refractivity contribution in [2.45, 2.75) is 37.8 Å². The molecule has 0 heterocycles. The molecule has 0 amide bonds. The molecule has 0 bridgehead atoms. The molecule has 0 aliphatic heterocycles. The molecule has 0 saturated heterocycles. The van der Waals surface area contributed by atoms with Crippen LogP contribution in [0, 0.1) is 22.7 Å². The molecule has 0 radical (unpaired) electrons. The summed E-state index contributed by atoms with van der Waals surface area (Å²) in [4.78, 5) is 2.46. The van der Waals surface area contributed by atoms with Gasteiger partial charge in [0.25, 0.3) is 0 Å². The summed E-state index contributed by atoms with van der Waals surface area (Å²) in [5.41, 5.74) is 5.46. The average Bonchev–Trinajstić information content (AvgIpc) is 2.97. The van der Waals surface area contributed by atoms with E-state index in [1.54, 1.807) is 6.07 Å². The predicted molar refractivity (Wildman–Crippen MR) is 150 cm³/mol. The van der Waals surface area contributed by atoms with Crippen molar-refractivity contribution in [3.8, 4) is 12.1 Å². The van der Waals surface area contributed by atoms with Crippen LogP contribution in [0.15, 0.2) is 84.9 Å². The van der Waals surface area contributed by atoms with E-state index < -0.39 is 0 Å². The maximum absolute atomic E-state index is 9.86. The summed E-state index contributed by atoms with van der Waals surface area (Å²) in [5.74, 6) is 0. The van der Waals surface area contributed by atoms with Crippen LogP contribution in [0.5, 0.6) is 0 Å². The third-order valence-corrected chi connectivity index (χ3v) is 7.33. The molecule has 1 fully saturated rings. The van der Waals surface area contributed by atoms with Crippen molar-refractivity contribution in [2.75, 3.05) is 12.0 Å². The first-order valence-corrected chi connectivity index (χ1v) is 12.7. The molecule has 5 rings (SSSR count). The standard InChI is InChI=1S/C33H29N3O/c1-37-30-19-17-29(18-20-30)36(27-7-3-2-4-8-27)28-15-11-24(12-16-28)10-13-25-14-21-31-26(22-34)6-5-9-32(31)33(25)23-35/h2-16,21,29-30H,17-20H2,1H3. The Kier molecular flexibility index (Phi) is 7.31. The highest BCUT2D eigenvalue weighted by molar-refractivity contribution is 5.95. The number of methoxy groups -OCH3 is 1. The van der Waals surface area contributed by atoms with Gasteiger partial charge in [0.05, 0.1) is 23.3 Å². The lowest BCUT2D eigenvalue weighted by atomic mass is 9.91. The van der Waals surface area contributed by atoms with Crippen molar-refractivity contribution in [3.63, 3.8) is 0 Å². The topological polar surface area (TPSA) is 60.0 Å². The largest absolute Gasteiger partial charge is 0.381 e. The Morgan fingerprint density at radius 2 is 1.46 bits per heavy atom. The van der Waals surface area contributed by atoms with E-state index in [0.29, 0.717) is 23.3 Å². The lowest BCUT2D eigenvalue weighted by Crippen LogP contribution is -2.36. The van der Waals surface area contributed by atoms with Crippen molar-refractivity contribution in [1.82, 2.24) is 0 Å². The number of hydrogen-bond donors (Lipinski definition) is 0. The number of ether oxygens (including phenoxy) is 1. The van der Waals surface area contributed by atoms with E-state index in [9.17, 15) is 10.5 Å². The van der Waals surface area contributed by atoms with E-state index in [2.05, 4.69) is 71.6 Å². The molecule has 1 saturated carbocycles. The van der Waals surface area contributed by atoms with Gasteiger partial charge in [0.2, 0.25) is 0 Å². The fourth-order valence-corrected chi connectivity index (χ4v) is 5.37. The van der Waals surface area contributed by atoms with Crippen molar-refractivity contribution in [3.05, 3.63) is 107 Å². The summed E-state index contributed by atoms with van der Waals surface area (Å²) in [6.45, 7) is 0. The van der Waals surface area contributed by atoms with Crippen LogP contribution in [0.3, 0.4) is 0 Å². The van der Waals surface area contributed by atoms with Gasteiger partial charge in [0, 0.05) is 35.3 Å². The molecule has 4 aromatic carbocycles. The van der Waals surface area contributed by atoms with Crippen LogP contribution in [-0.4, -0.2) is 19.3 Å². The molecular weight excluding hydrogens is 454 g/mol. The zero-order valence-corrected chi connectivity index (χ0v) is 21.0. The Hall–Kier alpha value is -4.38. The molecule has 1 aliphatic rings. The van der Waals surface area contributed by atoms with Crippen molar-refractivity contribution < 1.29 is 4.74 Å². The van der Waals surface area contributed by atoms with Crippen LogP contribution in [0.4, 0.5) is 11.4 Å². The summed E-state index contributed by atoms with van der Waals surface area (Å²) in [6.07, 6.45) is 8.73. The number of benzene rings is 4. The minimum Gasteiger partial charge on any atom is -0.381 e. The summed E-state index contributed by atoms with van der Waals surface area (Å²) in [6, 6.07) is 33.6. The second-order valence-corrected chi connectivity index (χ2v) is 9.45. The van der Waals surface area contributed by atoms with Gasteiger partial charge >= 0.3 is 0 Å². The van der Waals surface area contributed by atoms with Crippen molar-refractivity contribution >= 4 is 34.3 Å². The molecule has 0 N–H and O–H groups in total.